The molecule has 0 spiro atoms. The van der Waals surface area contributed by atoms with Gasteiger partial charge in [-0.05, 0) is 62.8 Å². The van der Waals surface area contributed by atoms with Gasteiger partial charge in [-0.25, -0.2) is 0 Å². The van der Waals surface area contributed by atoms with Gasteiger partial charge in [-0.15, -0.1) is 0 Å². The Hall–Kier alpha value is -1.08. The number of rotatable bonds is 4. The number of allylic oxidation sites excluding steroid dienone is 1. The lowest BCUT2D eigenvalue weighted by molar-refractivity contribution is 0.589. The zero-order chi connectivity index (χ0) is 13.7. The zero-order valence-corrected chi connectivity index (χ0v) is 12.6. The van der Waals surface area contributed by atoms with Crippen LogP contribution in [0.15, 0.2) is 29.8 Å². The number of hydrogen-bond donors (Lipinski definition) is 1. The molecule has 1 atom stereocenters. The van der Waals surface area contributed by atoms with Crippen LogP contribution in [0.2, 0.25) is 0 Å². The Labute approximate surface area is 118 Å². The molecule has 1 nitrogen and oxygen atoms in total. The molecule has 0 amide bonds. The van der Waals surface area contributed by atoms with Gasteiger partial charge in [-0.3, -0.25) is 0 Å². The van der Waals surface area contributed by atoms with Gasteiger partial charge in [0.2, 0.25) is 0 Å². The van der Waals surface area contributed by atoms with E-state index in [1.54, 1.807) is 5.57 Å². The average molecular weight is 257 g/mol. The number of aryl methyl sites for hydroxylation is 2. The molecule has 0 saturated heterocycles. The average Bonchev–Trinajstić information content (AvgIpc) is 2.68. The highest BCUT2D eigenvalue weighted by molar-refractivity contribution is 5.35. The summed E-state index contributed by atoms with van der Waals surface area (Å²) in [6.07, 6.45) is 9.07. The second kappa shape index (κ2) is 6.91. The third-order valence-electron chi connectivity index (χ3n) is 4.22. The standard InChI is InChI=1S/C18H27N/c1-4-19-18(16-9-7-5-6-8-10-16)17-12-11-14(2)15(3)13-17/h9,11-13,18-19H,4-8,10H2,1-3H3. The Morgan fingerprint density at radius 2 is 1.95 bits per heavy atom. The fraction of sp³-hybridized carbons (Fsp3) is 0.556. The van der Waals surface area contributed by atoms with Gasteiger partial charge in [0.1, 0.15) is 0 Å². The predicted molar refractivity (Wildman–Crippen MR) is 83.5 cm³/mol. The highest BCUT2D eigenvalue weighted by Gasteiger charge is 2.17. The zero-order valence-electron chi connectivity index (χ0n) is 12.6. The first kappa shape index (κ1) is 14.3. The smallest absolute Gasteiger partial charge is 0.0536 e. The number of benzene rings is 1. The quantitative estimate of drug-likeness (QED) is 0.761. The van der Waals surface area contributed by atoms with E-state index in [1.807, 2.05) is 0 Å². The molecule has 0 fully saturated rings. The van der Waals surface area contributed by atoms with Gasteiger partial charge in [-0.1, -0.05) is 43.2 Å². The maximum absolute atomic E-state index is 3.67. The first-order valence-corrected chi connectivity index (χ1v) is 7.72. The molecular weight excluding hydrogens is 230 g/mol. The summed E-state index contributed by atoms with van der Waals surface area (Å²) in [5.74, 6) is 0. The summed E-state index contributed by atoms with van der Waals surface area (Å²) < 4.78 is 0. The van der Waals surface area contributed by atoms with E-state index < -0.39 is 0 Å². The van der Waals surface area contributed by atoms with E-state index in [1.165, 1.54) is 48.8 Å². The van der Waals surface area contributed by atoms with E-state index in [0.717, 1.165) is 6.54 Å². The summed E-state index contributed by atoms with van der Waals surface area (Å²) >= 11 is 0. The predicted octanol–water partition coefficient (Wildman–Crippen LogP) is 4.84. The van der Waals surface area contributed by atoms with Crippen LogP contribution in [0.1, 0.15) is 61.8 Å². The third-order valence-corrected chi connectivity index (χ3v) is 4.22. The largest absolute Gasteiger partial charge is 0.307 e. The SMILES string of the molecule is CCNC(C1=CCCCCC1)c1ccc(C)c(C)c1. The van der Waals surface area contributed by atoms with Gasteiger partial charge in [0.05, 0.1) is 6.04 Å². The molecule has 0 aliphatic heterocycles. The van der Waals surface area contributed by atoms with Crippen LogP contribution in [-0.4, -0.2) is 6.54 Å². The molecule has 0 saturated carbocycles. The number of likely N-dealkylation sites (N-methyl/N-ethyl adjacent to an activating group) is 1. The van der Waals surface area contributed by atoms with Crippen molar-refractivity contribution in [2.75, 3.05) is 6.54 Å². The van der Waals surface area contributed by atoms with E-state index in [9.17, 15) is 0 Å². The monoisotopic (exact) mass is 257 g/mol. The van der Waals surface area contributed by atoms with Crippen molar-refractivity contribution in [3.8, 4) is 0 Å². The van der Waals surface area contributed by atoms with Gasteiger partial charge in [-0.2, -0.15) is 0 Å². The van der Waals surface area contributed by atoms with Crippen LogP contribution in [0.25, 0.3) is 0 Å². The molecule has 0 heterocycles. The van der Waals surface area contributed by atoms with Crippen LogP contribution >= 0.6 is 0 Å². The van der Waals surface area contributed by atoms with Crippen molar-refractivity contribution in [1.82, 2.24) is 5.32 Å². The van der Waals surface area contributed by atoms with Crippen molar-refractivity contribution in [3.05, 3.63) is 46.5 Å². The lowest BCUT2D eigenvalue weighted by Crippen LogP contribution is -2.23. The van der Waals surface area contributed by atoms with E-state index >= 15 is 0 Å². The Morgan fingerprint density at radius 1 is 1.11 bits per heavy atom. The number of nitrogens with one attached hydrogen (secondary N) is 1. The van der Waals surface area contributed by atoms with Crippen molar-refractivity contribution in [2.45, 2.75) is 58.9 Å². The molecule has 1 aromatic carbocycles. The summed E-state index contributed by atoms with van der Waals surface area (Å²) in [5.41, 5.74) is 5.81. The Balaban J connectivity index is 2.27. The highest BCUT2D eigenvalue weighted by atomic mass is 14.9. The van der Waals surface area contributed by atoms with Crippen LogP contribution in [0.5, 0.6) is 0 Å². The van der Waals surface area contributed by atoms with Crippen LogP contribution in [0, 0.1) is 13.8 Å². The summed E-state index contributed by atoms with van der Waals surface area (Å²) in [6, 6.07) is 7.32. The molecule has 1 aromatic rings. The molecule has 2 rings (SSSR count). The summed E-state index contributed by atoms with van der Waals surface area (Å²) in [6.45, 7) is 7.62. The van der Waals surface area contributed by atoms with Crippen LogP contribution < -0.4 is 5.32 Å². The fourth-order valence-corrected chi connectivity index (χ4v) is 2.91. The minimum atomic E-state index is 0.419. The van der Waals surface area contributed by atoms with Gasteiger partial charge in [0.25, 0.3) is 0 Å². The van der Waals surface area contributed by atoms with Crippen LogP contribution in [0.4, 0.5) is 0 Å². The summed E-state index contributed by atoms with van der Waals surface area (Å²) in [5, 5.41) is 3.67. The third kappa shape index (κ3) is 3.70. The number of hydrogen-bond acceptors (Lipinski definition) is 1. The van der Waals surface area contributed by atoms with Crippen molar-refractivity contribution in [2.24, 2.45) is 0 Å². The van der Waals surface area contributed by atoms with Crippen molar-refractivity contribution >= 4 is 0 Å². The van der Waals surface area contributed by atoms with Crippen LogP contribution in [-0.2, 0) is 0 Å². The van der Waals surface area contributed by atoms with Crippen molar-refractivity contribution in [3.63, 3.8) is 0 Å². The maximum Gasteiger partial charge on any atom is 0.0536 e. The molecule has 0 radical (unpaired) electrons. The molecule has 1 heteroatoms. The molecule has 1 N–H and O–H groups in total. The molecule has 0 bridgehead atoms. The van der Waals surface area contributed by atoms with E-state index in [2.05, 4.69) is 50.4 Å². The van der Waals surface area contributed by atoms with Crippen LogP contribution in [0.3, 0.4) is 0 Å². The molecule has 104 valence electrons. The topological polar surface area (TPSA) is 12.0 Å². The maximum atomic E-state index is 3.67. The first-order valence-electron chi connectivity index (χ1n) is 7.72. The molecule has 0 aromatic heterocycles. The van der Waals surface area contributed by atoms with E-state index in [4.69, 9.17) is 0 Å². The Kier molecular flexibility index (Phi) is 5.21. The first-order chi connectivity index (χ1) is 9.22. The normalized spacial score (nSPS) is 17.7. The van der Waals surface area contributed by atoms with Crippen molar-refractivity contribution < 1.29 is 0 Å². The minimum Gasteiger partial charge on any atom is -0.307 e. The lowest BCUT2D eigenvalue weighted by Gasteiger charge is -2.22. The van der Waals surface area contributed by atoms with Crippen molar-refractivity contribution in [1.29, 1.82) is 0 Å². The minimum absolute atomic E-state index is 0.419. The summed E-state index contributed by atoms with van der Waals surface area (Å²) in [7, 11) is 0. The molecule has 1 unspecified atom stereocenters. The lowest BCUT2D eigenvalue weighted by atomic mass is 9.93. The highest BCUT2D eigenvalue weighted by Crippen LogP contribution is 2.30. The van der Waals surface area contributed by atoms with E-state index in [0.29, 0.717) is 6.04 Å². The fourth-order valence-electron chi connectivity index (χ4n) is 2.91. The summed E-state index contributed by atoms with van der Waals surface area (Å²) in [4.78, 5) is 0. The molecule has 19 heavy (non-hydrogen) atoms. The second-order valence-electron chi connectivity index (χ2n) is 5.71. The Bertz CT molecular complexity index is 445. The van der Waals surface area contributed by atoms with Gasteiger partial charge in [0.15, 0.2) is 0 Å². The molecular formula is C18H27N. The molecule has 1 aliphatic rings. The Morgan fingerprint density at radius 3 is 2.68 bits per heavy atom. The van der Waals surface area contributed by atoms with Gasteiger partial charge in [0, 0.05) is 0 Å². The molecule has 1 aliphatic carbocycles. The van der Waals surface area contributed by atoms with E-state index in [-0.39, 0.29) is 0 Å². The van der Waals surface area contributed by atoms with Gasteiger partial charge >= 0.3 is 0 Å². The van der Waals surface area contributed by atoms with Gasteiger partial charge < -0.3 is 5.32 Å². The second-order valence-corrected chi connectivity index (χ2v) is 5.71.